The van der Waals surface area contributed by atoms with Crippen LogP contribution in [0.2, 0.25) is 0 Å². The smallest absolute Gasteiger partial charge is 0.133 e. The Morgan fingerprint density at radius 2 is 1.95 bits per heavy atom. The number of aryl methyl sites for hydroxylation is 1. The van der Waals surface area contributed by atoms with E-state index in [2.05, 4.69) is 49.0 Å². The van der Waals surface area contributed by atoms with E-state index < -0.39 is 0 Å². The third kappa shape index (κ3) is 2.68. The minimum absolute atomic E-state index is 0.383. The number of rotatable bonds is 4. The highest BCUT2D eigenvalue weighted by molar-refractivity contribution is 5.37. The second-order valence-electron chi connectivity index (χ2n) is 7.18. The van der Waals surface area contributed by atoms with Crippen LogP contribution in [0, 0.1) is 24.7 Å². The van der Waals surface area contributed by atoms with Gasteiger partial charge < -0.3 is 5.32 Å². The molecule has 0 spiro atoms. The van der Waals surface area contributed by atoms with Gasteiger partial charge in [-0.2, -0.15) is 0 Å². The van der Waals surface area contributed by atoms with E-state index in [1.807, 2.05) is 0 Å². The van der Waals surface area contributed by atoms with Gasteiger partial charge in [0.15, 0.2) is 0 Å². The molecule has 4 unspecified atom stereocenters. The van der Waals surface area contributed by atoms with Crippen LogP contribution in [0.1, 0.15) is 63.9 Å². The molecule has 4 atom stereocenters. The molecule has 3 rings (SSSR count). The zero-order valence-electron chi connectivity index (χ0n) is 13.2. The Hall–Kier alpha value is -1.12. The largest absolute Gasteiger partial charge is 0.367 e. The fourth-order valence-electron chi connectivity index (χ4n) is 4.17. The van der Waals surface area contributed by atoms with Crippen molar-refractivity contribution >= 4 is 5.82 Å². The van der Waals surface area contributed by atoms with Gasteiger partial charge in [0.2, 0.25) is 0 Å². The second kappa shape index (κ2) is 5.34. The first-order valence-electron chi connectivity index (χ1n) is 8.15. The molecule has 1 heterocycles. The average molecular weight is 273 g/mol. The third-order valence-corrected chi connectivity index (χ3v) is 5.20. The van der Waals surface area contributed by atoms with E-state index in [4.69, 9.17) is 0 Å². The van der Waals surface area contributed by atoms with Gasteiger partial charge in [-0.15, -0.1) is 0 Å². The Morgan fingerprint density at radius 3 is 2.55 bits per heavy atom. The van der Waals surface area contributed by atoms with E-state index in [1.54, 1.807) is 0 Å². The molecule has 0 saturated heterocycles. The lowest BCUT2D eigenvalue weighted by Crippen LogP contribution is -2.30. The fraction of sp³-hybridized carbons (Fsp3) is 0.765. The van der Waals surface area contributed by atoms with Gasteiger partial charge in [0.05, 0.1) is 0 Å². The van der Waals surface area contributed by atoms with Crippen LogP contribution in [-0.4, -0.2) is 16.0 Å². The lowest BCUT2D eigenvalue weighted by atomic mass is 9.84. The maximum Gasteiger partial charge on any atom is 0.133 e. The van der Waals surface area contributed by atoms with Crippen LogP contribution >= 0.6 is 0 Å². The van der Waals surface area contributed by atoms with E-state index in [9.17, 15) is 0 Å². The number of anilines is 1. The quantitative estimate of drug-likeness (QED) is 0.895. The summed E-state index contributed by atoms with van der Waals surface area (Å²) in [6, 6.07) is 2.61. The zero-order valence-corrected chi connectivity index (χ0v) is 13.2. The normalized spacial score (nSPS) is 29.9. The predicted molar refractivity (Wildman–Crippen MR) is 82.9 cm³/mol. The zero-order chi connectivity index (χ0) is 14.3. The van der Waals surface area contributed by atoms with Crippen molar-refractivity contribution in [3.8, 4) is 0 Å². The molecule has 2 aliphatic rings. The number of nitrogens with one attached hydrogen (secondary N) is 1. The van der Waals surface area contributed by atoms with Crippen LogP contribution in [-0.2, 0) is 0 Å². The molecule has 2 aliphatic carbocycles. The number of aromatic nitrogens is 2. The monoisotopic (exact) mass is 273 g/mol. The highest BCUT2D eigenvalue weighted by Crippen LogP contribution is 2.49. The minimum atomic E-state index is 0.383. The lowest BCUT2D eigenvalue weighted by molar-refractivity contribution is 0.304. The molecule has 3 nitrogen and oxygen atoms in total. The molecule has 0 aromatic carbocycles. The van der Waals surface area contributed by atoms with Crippen molar-refractivity contribution < 1.29 is 0 Å². The van der Waals surface area contributed by atoms with Crippen molar-refractivity contribution in [2.75, 3.05) is 5.32 Å². The number of fused-ring (bicyclic) bond motifs is 2. The number of nitrogens with zero attached hydrogens (tertiary/aromatic N) is 2. The highest BCUT2D eigenvalue weighted by Gasteiger charge is 2.41. The molecule has 110 valence electrons. The second-order valence-corrected chi connectivity index (χ2v) is 7.18. The summed E-state index contributed by atoms with van der Waals surface area (Å²) in [6.07, 6.45) is 5.80. The Balaban J connectivity index is 1.71. The molecule has 2 saturated carbocycles. The molecule has 3 heteroatoms. The first kappa shape index (κ1) is 13.8. The average Bonchev–Trinajstić information content (AvgIpc) is 3.00. The first-order chi connectivity index (χ1) is 9.52. The molecule has 1 aromatic rings. The molecule has 0 radical (unpaired) electrons. The van der Waals surface area contributed by atoms with Crippen LogP contribution < -0.4 is 5.32 Å². The van der Waals surface area contributed by atoms with Gasteiger partial charge in [-0.1, -0.05) is 20.3 Å². The van der Waals surface area contributed by atoms with Crippen molar-refractivity contribution in [3.05, 3.63) is 17.6 Å². The molecule has 0 aliphatic heterocycles. The molecule has 0 amide bonds. The molecule has 1 aromatic heterocycles. The van der Waals surface area contributed by atoms with Crippen LogP contribution in [0.5, 0.6) is 0 Å². The summed E-state index contributed by atoms with van der Waals surface area (Å²) < 4.78 is 0. The Morgan fingerprint density at radius 1 is 1.15 bits per heavy atom. The predicted octanol–water partition coefficient (Wildman–Crippen LogP) is 4.15. The summed E-state index contributed by atoms with van der Waals surface area (Å²) in [5.74, 6) is 5.14. The van der Waals surface area contributed by atoms with Crippen molar-refractivity contribution in [2.24, 2.45) is 17.8 Å². The van der Waals surface area contributed by atoms with E-state index in [0.717, 1.165) is 35.1 Å². The summed E-state index contributed by atoms with van der Waals surface area (Å²) in [5, 5.41) is 3.65. The Kier molecular flexibility index (Phi) is 3.70. The molecule has 20 heavy (non-hydrogen) atoms. The number of hydrogen-bond acceptors (Lipinski definition) is 3. The van der Waals surface area contributed by atoms with Gasteiger partial charge in [0, 0.05) is 23.7 Å². The van der Waals surface area contributed by atoms with Gasteiger partial charge in [-0.05, 0) is 50.9 Å². The van der Waals surface area contributed by atoms with Crippen molar-refractivity contribution in [3.63, 3.8) is 0 Å². The SMILES string of the molecule is Cc1cc(NC(C)C2CC3CCC2C3)nc(C(C)C)n1. The molecular formula is C17H27N3. The van der Waals surface area contributed by atoms with E-state index in [1.165, 1.54) is 25.7 Å². The highest BCUT2D eigenvalue weighted by atomic mass is 15.1. The minimum Gasteiger partial charge on any atom is -0.367 e. The van der Waals surface area contributed by atoms with Crippen molar-refractivity contribution in [1.82, 2.24) is 9.97 Å². The van der Waals surface area contributed by atoms with Crippen LogP contribution in [0.25, 0.3) is 0 Å². The summed E-state index contributed by atoms with van der Waals surface area (Å²) in [4.78, 5) is 9.21. The fourth-order valence-corrected chi connectivity index (χ4v) is 4.17. The van der Waals surface area contributed by atoms with Crippen molar-refractivity contribution in [1.29, 1.82) is 0 Å². The third-order valence-electron chi connectivity index (χ3n) is 5.20. The first-order valence-corrected chi connectivity index (χ1v) is 8.15. The van der Waals surface area contributed by atoms with Crippen LogP contribution in [0.4, 0.5) is 5.82 Å². The Bertz CT molecular complexity index is 483. The lowest BCUT2D eigenvalue weighted by Gasteiger charge is -2.29. The van der Waals surface area contributed by atoms with Gasteiger partial charge in [-0.3, -0.25) is 0 Å². The van der Waals surface area contributed by atoms with E-state index in [0.29, 0.717) is 12.0 Å². The summed E-state index contributed by atoms with van der Waals surface area (Å²) >= 11 is 0. The summed E-state index contributed by atoms with van der Waals surface area (Å²) in [7, 11) is 0. The van der Waals surface area contributed by atoms with Gasteiger partial charge in [0.25, 0.3) is 0 Å². The Labute approximate surface area is 122 Å². The van der Waals surface area contributed by atoms with E-state index in [-0.39, 0.29) is 0 Å². The van der Waals surface area contributed by atoms with Crippen LogP contribution in [0.3, 0.4) is 0 Å². The summed E-state index contributed by atoms with van der Waals surface area (Å²) in [5.41, 5.74) is 1.06. The topological polar surface area (TPSA) is 37.8 Å². The van der Waals surface area contributed by atoms with Gasteiger partial charge >= 0.3 is 0 Å². The molecular weight excluding hydrogens is 246 g/mol. The summed E-state index contributed by atoms with van der Waals surface area (Å²) in [6.45, 7) is 8.69. The standard InChI is InChI=1S/C17H27N3/c1-10(2)17-18-11(3)7-16(20-17)19-12(4)15-9-13-5-6-14(15)8-13/h7,10,12-15H,5-6,8-9H2,1-4H3,(H,18,19,20). The maximum absolute atomic E-state index is 4.68. The molecule has 2 fully saturated rings. The van der Waals surface area contributed by atoms with E-state index >= 15 is 0 Å². The van der Waals surface area contributed by atoms with Gasteiger partial charge in [0.1, 0.15) is 11.6 Å². The van der Waals surface area contributed by atoms with Gasteiger partial charge in [-0.25, -0.2) is 9.97 Å². The van der Waals surface area contributed by atoms with Crippen molar-refractivity contribution in [2.45, 2.75) is 65.3 Å². The van der Waals surface area contributed by atoms with Crippen LogP contribution in [0.15, 0.2) is 6.07 Å². The number of hydrogen-bond donors (Lipinski definition) is 1. The molecule has 1 N–H and O–H groups in total. The molecule has 2 bridgehead atoms. The maximum atomic E-state index is 4.68.